The first kappa shape index (κ1) is 12.4. The van der Waals surface area contributed by atoms with Crippen molar-refractivity contribution in [3.05, 3.63) is 23.9 Å². The van der Waals surface area contributed by atoms with Gasteiger partial charge in [-0.1, -0.05) is 6.07 Å². The molecule has 2 rings (SSSR count). The van der Waals surface area contributed by atoms with Gasteiger partial charge in [0.1, 0.15) is 5.82 Å². The van der Waals surface area contributed by atoms with Gasteiger partial charge in [0.2, 0.25) is 0 Å². The lowest BCUT2D eigenvalue weighted by Crippen LogP contribution is -2.50. The average Bonchev–Trinajstić information content (AvgIpc) is 2.38. The summed E-state index contributed by atoms with van der Waals surface area (Å²) in [5, 5.41) is 3.38. The Morgan fingerprint density at radius 1 is 1.41 bits per heavy atom. The normalized spacial score (nSPS) is 22.5. The third-order valence-electron chi connectivity index (χ3n) is 3.75. The van der Waals surface area contributed by atoms with E-state index in [9.17, 15) is 0 Å². The first-order valence-corrected chi connectivity index (χ1v) is 6.60. The molecule has 0 bridgehead atoms. The number of rotatable bonds is 3. The SMILES string of the molecule is CNC(C)C1CCCCN1c1cccc(C)n1. The standard InChI is InChI=1S/C14H23N3/c1-11-7-6-9-14(16-11)17-10-5-4-8-13(17)12(2)15-3/h6-7,9,12-13,15H,4-5,8,10H2,1-3H3. The second kappa shape index (κ2) is 5.50. The van der Waals surface area contributed by atoms with Crippen molar-refractivity contribution in [2.45, 2.75) is 45.2 Å². The molecule has 1 aliphatic heterocycles. The van der Waals surface area contributed by atoms with Gasteiger partial charge in [-0.25, -0.2) is 4.98 Å². The highest BCUT2D eigenvalue weighted by Crippen LogP contribution is 2.25. The predicted octanol–water partition coefficient (Wildman–Crippen LogP) is 2.36. The van der Waals surface area contributed by atoms with E-state index in [4.69, 9.17) is 0 Å². The smallest absolute Gasteiger partial charge is 0.129 e. The van der Waals surface area contributed by atoms with Gasteiger partial charge in [-0.3, -0.25) is 0 Å². The Morgan fingerprint density at radius 2 is 2.24 bits per heavy atom. The Morgan fingerprint density at radius 3 is 2.94 bits per heavy atom. The van der Waals surface area contributed by atoms with Crippen molar-refractivity contribution in [3.8, 4) is 0 Å². The Hall–Kier alpha value is -1.09. The van der Waals surface area contributed by atoms with Gasteiger partial charge in [0, 0.05) is 24.3 Å². The van der Waals surface area contributed by atoms with Crippen LogP contribution in [0.3, 0.4) is 0 Å². The number of nitrogens with one attached hydrogen (secondary N) is 1. The van der Waals surface area contributed by atoms with Crippen molar-refractivity contribution in [2.24, 2.45) is 0 Å². The zero-order valence-electron chi connectivity index (χ0n) is 11.1. The summed E-state index contributed by atoms with van der Waals surface area (Å²) in [6, 6.07) is 7.38. The maximum atomic E-state index is 4.66. The lowest BCUT2D eigenvalue weighted by atomic mass is 9.96. The molecule has 1 fully saturated rings. The maximum Gasteiger partial charge on any atom is 0.129 e. The lowest BCUT2D eigenvalue weighted by Gasteiger charge is -2.40. The fourth-order valence-corrected chi connectivity index (χ4v) is 2.64. The molecule has 0 amide bonds. The van der Waals surface area contributed by atoms with Gasteiger partial charge in [0.25, 0.3) is 0 Å². The van der Waals surface area contributed by atoms with Gasteiger partial charge >= 0.3 is 0 Å². The summed E-state index contributed by atoms with van der Waals surface area (Å²) in [6.45, 7) is 5.45. The van der Waals surface area contributed by atoms with Crippen LogP contribution in [0, 0.1) is 6.92 Å². The minimum absolute atomic E-state index is 0.512. The molecule has 17 heavy (non-hydrogen) atoms. The lowest BCUT2D eigenvalue weighted by molar-refractivity contribution is 0.380. The summed E-state index contributed by atoms with van der Waals surface area (Å²) >= 11 is 0. The Bertz CT molecular complexity index is 364. The second-order valence-corrected chi connectivity index (χ2v) is 4.97. The molecule has 1 aliphatic rings. The van der Waals surface area contributed by atoms with E-state index in [2.05, 4.69) is 47.2 Å². The first-order valence-electron chi connectivity index (χ1n) is 6.60. The van der Waals surface area contributed by atoms with Crippen LogP contribution in [-0.2, 0) is 0 Å². The van der Waals surface area contributed by atoms with E-state index in [-0.39, 0.29) is 0 Å². The number of likely N-dealkylation sites (N-methyl/N-ethyl adjacent to an activating group) is 1. The molecule has 1 aromatic rings. The van der Waals surface area contributed by atoms with Gasteiger partial charge in [0.05, 0.1) is 0 Å². The van der Waals surface area contributed by atoms with E-state index in [1.165, 1.54) is 19.3 Å². The highest BCUT2D eigenvalue weighted by Gasteiger charge is 2.27. The van der Waals surface area contributed by atoms with Gasteiger partial charge in [-0.05, 0) is 52.3 Å². The van der Waals surface area contributed by atoms with E-state index in [1.807, 2.05) is 7.05 Å². The van der Waals surface area contributed by atoms with E-state index in [0.717, 1.165) is 18.1 Å². The average molecular weight is 233 g/mol. The molecule has 0 aliphatic carbocycles. The number of anilines is 1. The molecule has 1 aromatic heterocycles. The van der Waals surface area contributed by atoms with Crippen LogP contribution in [-0.4, -0.2) is 30.7 Å². The van der Waals surface area contributed by atoms with E-state index in [0.29, 0.717) is 12.1 Å². The third-order valence-corrected chi connectivity index (χ3v) is 3.75. The van der Waals surface area contributed by atoms with Crippen LogP contribution in [0.2, 0.25) is 0 Å². The second-order valence-electron chi connectivity index (χ2n) is 4.97. The molecular formula is C14H23N3. The number of piperidine rings is 1. The molecule has 0 aromatic carbocycles. The molecule has 2 heterocycles. The molecule has 1 N–H and O–H groups in total. The summed E-state index contributed by atoms with van der Waals surface area (Å²) in [6.07, 6.45) is 3.87. The molecule has 1 saturated heterocycles. The molecular weight excluding hydrogens is 210 g/mol. The summed E-state index contributed by atoms with van der Waals surface area (Å²) in [4.78, 5) is 7.13. The van der Waals surface area contributed by atoms with Crippen LogP contribution in [0.25, 0.3) is 0 Å². The Kier molecular flexibility index (Phi) is 4.00. The van der Waals surface area contributed by atoms with Crippen LogP contribution >= 0.6 is 0 Å². The largest absolute Gasteiger partial charge is 0.352 e. The summed E-state index contributed by atoms with van der Waals surface area (Å²) in [7, 11) is 2.04. The molecule has 3 heteroatoms. The summed E-state index contributed by atoms with van der Waals surface area (Å²) in [5.74, 6) is 1.14. The molecule has 3 nitrogen and oxygen atoms in total. The Labute approximate surface area is 104 Å². The number of aryl methyl sites for hydroxylation is 1. The van der Waals surface area contributed by atoms with Crippen molar-refractivity contribution >= 4 is 5.82 Å². The predicted molar refractivity (Wildman–Crippen MR) is 72.5 cm³/mol. The van der Waals surface area contributed by atoms with Crippen LogP contribution in [0.4, 0.5) is 5.82 Å². The number of hydrogen-bond donors (Lipinski definition) is 1. The van der Waals surface area contributed by atoms with Gasteiger partial charge in [0.15, 0.2) is 0 Å². The molecule has 2 atom stereocenters. The summed E-state index contributed by atoms with van der Waals surface area (Å²) in [5.41, 5.74) is 1.10. The maximum absolute atomic E-state index is 4.66. The Balaban J connectivity index is 2.21. The molecule has 94 valence electrons. The van der Waals surface area contributed by atoms with Crippen molar-refractivity contribution in [3.63, 3.8) is 0 Å². The van der Waals surface area contributed by atoms with Crippen molar-refractivity contribution < 1.29 is 0 Å². The minimum atomic E-state index is 0.512. The van der Waals surface area contributed by atoms with Crippen molar-refractivity contribution in [1.29, 1.82) is 0 Å². The zero-order valence-corrected chi connectivity index (χ0v) is 11.1. The van der Waals surface area contributed by atoms with Crippen LogP contribution in [0.15, 0.2) is 18.2 Å². The highest BCUT2D eigenvalue weighted by atomic mass is 15.2. The van der Waals surface area contributed by atoms with E-state index in [1.54, 1.807) is 0 Å². The van der Waals surface area contributed by atoms with Gasteiger partial charge in [-0.15, -0.1) is 0 Å². The molecule has 0 saturated carbocycles. The van der Waals surface area contributed by atoms with Crippen LogP contribution in [0.1, 0.15) is 31.9 Å². The van der Waals surface area contributed by atoms with Crippen LogP contribution < -0.4 is 10.2 Å². The number of nitrogens with zero attached hydrogens (tertiary/aromatic N) is 2. The van der Waals surface area contributed by atoms with E-state index < -0.39 is 0 Å². The molecule has 0 spiro atoms. The highest BCUT2D eigenvalue weighted by molar-refractivity contribution is 5.41. The quantitative estimate of drug-likeness (QED) is 0.868. The fourth-order valence-electron chi connectivity index (χ4n) is 2.64. The number of hydrogen-bond acceptors (Lipinski definition) is 3. The monoisotopic (exact) mass is 233 g/mol. The van der Waals surface area contributed by atoms with Gasteiger partial charge in [-0.2, -0.15) is 0 Å². The van der Waals surface area contributed by atoms with Crippen molar-refractivity contribution in [2.75, 3.05) is 18.5 Å². The number of aromatic nitrogens is 1. The first-order chi connectivity index (χ1) is 8.22. The molecule has 2 unspecified atom stereocenters. The third kappa shape index (κ3) is 2.78. The summed E-state index contributed by atoms with van der Waals surface area (Å²) < 4.78 is 0. The fraction of sp³-hybridized carbons (Fsp3) is 0.643. The van der Waals surface area contributed by atoms with Crippen LogP contribution in [0.5, 0.6) is 0 Å². The van der Waals surface area contributed by atoms with Crippen molar-refractivity contribution in [1.82, 2.24) is 10.3 Å². The van der Waals surface area contributed by atoms with E-state index >= 15 is 0 Å². The number of pyridine rings is 1. The topological polar surface area (TPSA) is 28.2 Å². The zero-order chi connectivity index (χ0) is 12.3. The van der Waals surface area contributed by atoms with Gasteiger partial charge < -0.3 is 10.2 Å². The minimum Gasteiger partial charge on any atom is -0.352 e. The molecule has 0 radical (unpaired) electrons.